The van der Waals surface area contributed by atoms with E-state index >= 15 is 0 Å². The quantitative estimate of drug-likeness (QED) is 0.364. The molecule has 1 aliphatic heterocycles. The molecule has 2 aromatic carbocycles. The molecule has 180 valence electrons. The second-order valence-corrected chi connectivity index (χ2v) is 8.20. The summed E-state index contributed by atoms with van der Waals surface area (Å²) in [5.74, 6) is 0. The highest BCUT2D eigenvalue weighted by molar-refractivity contribution is 6.31. The van der Waals surface area contributed by atoms with Crippen LogP contribution in [0.1, 0.15) is 35.3 Å². The maximum absolute atomic E-state index is 10.3. The minimum Gasteiger partial charge on any atom is -0.412 e. The van der Waals surface area contributed by atoms with Crippen molar-refractivity contribution >= 4 is 11.6 Å². The van der Waals surface area contributed by atoms with E-state index in [0.29, 0.717) is 17.0 Å². The van der Waals surface area contributed by atoms with Crippen molar-refractivity contribution in [2.24, 2.45) is 0 Å². The number of ether oxygens (including phenoxy) is 1. The summed E-state index contributed by atoms with van der Waals surface area (Å²) < 4.78 is 5.62. The van der Waals surface area contributed by atoms with Crippen LogP contribution in [0.15, 0.2) is 42.5 Å². The summed E-state index contributed by atoms with van der Waals surface area (Å²) in [4.78, 5) is 0. The van der Waals surface area contributed by atoms with Gasteiger partial charge in [0.15, 0.2) is 0 Å². The van der Waals surface area contributed by atoms with E-state index in [0.717, 1.165) is 11.1 Å². The first-order valence-electron chi connectivity index (χ1n) is 10.1. The molecule has 3 rings (SSSR count). The Morgan fingerprint density at radius 2 is 1.56 bits per heavy atom. The standard InChI is InChI=1S/C20H23ClO5.C3H8O2.H2O/c1-11-2-4-12(5-3-11)8-14-9-13(6-7-15(14)21)20-19(25)18(24)17(23)16(10-22)26-20;1-3(5)2-4;/h2-7,9,16-20,22-25H,8,10H2,1H3;3-5H,2H2,1H3;1H2/t16-,17-,18+,19-,20+;3-;/m10./s1. The smallest absolute Gasteiger partial charge is 0.113 e. The molecular weight excluding hydrogens is 440 g/mol. The average molecular weight is 473 g/mol. The van der Waals surface area contributed by atoms with E-state index in [-0.39, 0.29) is 12.1 Å². The van der Waals surface area contributed by atoms with Gasteiger partial charge >= 0.3 is 0 Å². The minimum absolute atomic E-state index is 0. The molecule has 0 amide bonds. The monoisotopic (exact) mass is 472 g/mol. The maximum Gasteiger partial charge on any atom is 0.113 e. The number of hydrogen-bond donors (Lipinski definition) is 6. The van der Waals surface area contributed by atoms with Gasteiger partial charge in [0.2, 0.25) is 0 Å². The van der Waals surface area contributed by atoms with E-state index < -0.39 is 43.2 Å². The van der Waals surface area contributed by atoms with Crippen molar-refractivity contribution in [3.8, 4) is 0 Å². The largest absolute Gasteiger partial charge is 0.412 e. The topological polar surface area (TPSA) is 162 Å². The van der Waals surface area contributed by atoms with Gasteiger partial charge in [0.25, 0.3) is 0 Å². The van der Waals surface area contributed by atoms with E-state index in [1.54, 1.807) is 12.1 Å². The third kappa shape index (κ3) is 7.48. The number of halogens is 1. The first-order valence-corrected chi connectivity index (χ1v) is 10.5. The normalized spacial score (nSPS) is 25.8. The van der Waals surface area contributed by atoms with Gasteiger partial charge in [-0.15, -0.1) is 0 Å². The molecule has 1 saturated heterocycles. The highest BCUT2D eigenvalue weighted by Crippen LogP contribution is 2.34. The molecule has 1 fully saturated rings. The van der Waals surface area contributed by atoms with Crippen LogP contribution in [-0.2, 0) is 11.2 Å². The lowest BCUT2D eigenvalue weighted by Crippen LogP contribution is -2.55. The predicted molar refractivity (Wildman–Crippen MR) is 121 cm³/mol. The van der Waals surface area contributed by atoms with E-state index in [1.165, 1.54) is 12.5 Å². The number of rotatable bonds is 5. The van der Waals surface area contributed by atoms with Crippen LogP contribution in [0.4, 0.5) is 0 Å². The molecule has 9 heteroatoms. The molecule has 2 aromatic rings. The summed E-state index contributed by atoms with van der Waals surface area (Å²) in [5.41, 5.74) is 3.77. The van der Waals surface area contributed by atoms with Crippen LogP contribution in [0.3, 0.4) is 0 Å². The van der Waals surface area contributed by atoms with Gasteiger partial charge in [0.05, 0.1) is 19.3 Å². The van der Waals surface area contributed by atoms with Crippen LogP contribution in [0.25, 0.3) is 0 Å². The van der Waals surface area contributed by atoms with Gasteiger partial charge in [-0.25, -0.2) is 0 Å². The third-order valence-electron chi connectivity index (χ3n) is 5.07. The van der Waals surface area contributed by atoms with E-state index in [1.807, 2.05) is 37.3 Å². The van der Waals surface area contributed by atoms with Crippen molar-refractivity contribution in [2.75, 3.05) is 13.2 Å². The molecule has 0 bridgehead atoms. The van der Waals surface area contributed by atoms with Gasteiger partial charge in [0.1, 0.15) is 30.5 Å². The number of hydrogen-bond acceptors (Lipinski definition) is 7. The van der Waals surface area contributed by atoms with Crippen LogP contribution >= 0.6 is 11.6 Å². The zero-order valence-electron chi connectivity index (χ0n) is 18.1. The van der Waals surface area contributed by atoms with Gasteiger partial charge in [0, 0.05) is 5.02 Å². The average Bonchev–Trinajstić information content (AvgIpc) is 2.76. The van der Waals surface area contributed by atoms with Crippen molar-refractivity contribution in [1.82, 2.24) is 0 Å². The summed E-state index contributed by atoms with van der Waals surface area (Å²) >= 11 is 6.33. The predicted octanol–water partition coefficient (Wildman–Crippen LogP) is 0.289. The Balaban J connectivity index is 0.000000770. The van der Waals surface area contributed by atoms with Crippen molar-refractivity contribution in [3.05, 3.63) is 69.7 Å². The van der Waals surface area contributed by atoms with Gasteiger partial charge in [-0.2, -0.15) is 0 Å². The van der Waals surface area contributed by atoms with Crippen molar-refractivity contribution in [2.45, 2.75) is 56.9 Å². The van der Waals surface area contributed by atoms with E-state index in [4.69, 9.17) is 26.6 Å². The number of aliphatic hydroxyl groups is 6. The second-order valence-electron chi connectivity index (χ2n) is 7.79. The Morgan fingerprint density at radius 3 is 2.09 bits per heavy atom. The Hall–Kier alpha value is -1.59. The van der Waals surface area contributed by atoms with Gasteiger partial charge in [-0.1, -0.05) is 53.6 Å². The van der Waals surface area contributed by atoms with Crippen LogP contribution in [-0.4, -0.2) is 79.8 Å². The fourth-order valence-corrected chi connectivity index (χ4v) is 3.39. The molecule has 0 aromatic heterocycles. The fraction of sp³-hybridized carbons (Fsp3) is 0.478. The molecule has 1 heterocycles. The maximum atomic E-state index is 10.3. The Kier molecular flexibility index (Phi) is 11.7. The molecule has 0 unspecified atom stereocenters. The second kappa shape index (κ2) is 13.2. The lowest BCUT2D eigenvalue weighted by molar-refractivity contribution is -0.231. The third-order valence-corrected chi connectivity index (χ3v) is 5.44. The zero-order valence-corrected chi connectivity index (χ0v) is 18.9. The molecule has 32 heavy (non-hydrogen) atoms. The molecule has 0 radical (unpaired) electrons. The SMILES string of the molecule is C[C@H](O)CO.Cc1ccc(Cc2cc([C@@H]3O[C@H](CO)[C@@H](O)[C@H](O)[C@H]3O)ccc2Cl)cc1.O. The molecule has 1 aliphatic rings. The zero-order chi connectivity index (χ0) is 23.1. The molecule has 8 N–H and O–H groups in total. The lowest BCUT2D eigenvalue weighted by atomic mass is 9.90. The molecule has 0 spiro atoms. The summed E-state index contributed by atoms with van der Waals surface area (Å²) in [6.45, 7) is 2.96. The van der Waals surface area contributed by atoms with Gasteiger partial charge in [-0.05, 0) is 43.0 Å². The Morgan fingerprint density at radius 1 is 0.969 bits per heavy atom. The van der Waals surface area contributed by atoms with Crippen LogP contribution < -0.4 is 0 Å². The Bertz CT molecular complexity index is 812. The highest BCUT2D eigenvalue weighted by Gasteiger charge is 2.43. The van der Waals surface area contributed by atoms with Gasteiger partial charge in [-0.3, -0.25) is 0 Å². The number of benzene rings is 2. The summed E-state index contributed by atoms with van der Waals surface area (Å²) in [7, 11) is 0. The van der Waals surface area contributed by atoms with Crippen LogP contribution in [0.5, 0.6) is 0 Å². The fourth-order valence-electron chi connectivity index (χ4n) is 3.21. The summed E-state index contributed by atoms with van der Waals surface area (Å²) in [6.07, 6.45) is -5.82. The minimum atomic E-state index is -1.40. The molecule has 0 saturated carbocycles. The molecule has 8 nitrogen and oxygen atoms in total. The van der Waals surface area contributed by atoms with E-state index in [2.05, 4.69) is 0 Å². The van der Waals surface area contributed by atoms with E-state index in [9.17, 15) is 20.4 Å². The van der Waals surface area contributed by atoms with Gasteiger partial charge < -0.3 is 40.9 Å². The number of aliphatic hydroxyl groups excluding tert-OH is 6. The van der Waals surface area contributed by atoms with Crippen molar-refractivity contribution < 1.29 is 40.9 Å². The lowest BCUT2D eigenvalue weighted by Gasteiger charge is -2.40. The van der Waals surface area contributed by atoms with Crippen LogP contribution in [0, 0.1) is 6.92 Å². The first-order chi connectivity index (χ1) is 14.7. The summed E-state index contributed by atoms with van der Waals surface area (Å²) in [6, 6.07) is 13.4. The van der Waals surface area contributed by atoms with Crippen LogP contribution in [0.2, 0.25) is 5.02 Å². The number of aryl methyl sites for hydroxylation is 1. The van der Waals surface area contributed by atoms with Crippen molar-refractivity contribution in [3.63, 3.8) is 0 Å². The Labute approximate surface area is 192 Å². The van der Waals surface area contributed by atoms with Crippen molar-refractivity contribution in [1.29, 1.82) is 0 Å². The summed E-state index contributed by atoms with van der Waals surface area (Å²) in [5, 5.41) is 56.2. The molecule has 0 aliphatic carbocycles. The molecule has 6 atom stereocenters. The molecular formula is C23H33ClO8. The first kappa shape index (κ1) is 28.4. The highest BCUT2D eigenvalue weighted by atomic mass is 35.5.